The lowest BCUT2D eigenvalue weighted by Crippen LogP contribution is -2.07. The Bertz CT molecular complexity index is 458. The van der Waals surface area contributed by atoms with Crippen LogP contribution >= 0.6 is 37.2 Å². The predicted octanol–water partition coefficient (Wildman–Crippen LogP) is 4.71. The predicted molar refractivity (Wildman–Crippen MR) is 88.1 cm³/mol. The summed E-state index contributed by atoms with van der Waals surface area (Å²) in [7, 11) is 0. The molecule has 1 aromatic carbocycles. The SMILES string of the molecule is Cc1c(C)c(C)c(C(=O)C#N)c(C)c1C.II. The molecule has 0 unspecified atom stereocenters. The summed E-state index contributed by atoms with van der Waals surface area (Å²) in [5, 5.41) is 8.69. The number of carbonyl (C=O) groups excluding carboxylic acids is 1. The van der Waals surface area contributed by atoms with Gasteiger partial charge in [0, 0.05) is 42.8 Å². The highest BCUT2D eigenvalue weighted by Gasteiger charge is 2.17. The third-order valence-corrected chi connectivity index (χ3v) is 3.33. The van der Waals surface area contributed by atoms with Crippen LogP contribution in [0, 0.1) is 45.9 Å². The number of carbonyl (C=O) groups is 1. The van der Waals surface area contributed by atoms with Gasteiger partial charge in [0.15, 0.2) is 0 Å². The minimum atomic E-state index is -0.434. The maximum Gasteiger partial charge on any atom is 0.262 e. The van der Waals surface area contributed by atoms with Gasteiger partial charge in [0.2, 0.25) is 0 Å². The Morgan fingerprint density at radius 1 is 0.882 bits per heavy atom. The lowest BCUT2D eigenvalue weighted by Gasteiger charge is -2.15. The summed E-state index contributed by atoms with van der Waals surface area (Å²) in [5.74, 6) is -0.434. The molecule has 0 aliphatic carbocycles. The standard InChI is InChI=1S/C13H15NO.I2/c1-7-8(2)10(4)13(12(15)6-14)11(5)9(7)3;1-2/h1-5H3;. The van der Waals surface area contributed by atoms with Crippen molar-refractivity contribution in [2.24, 2.45) is 0 Å². The third-order valence-electron chi connectivity index (χ3n) is 3.33. The molecule has 0 amide bonds. The summed E-state index contributed by atoms with van der Waals surface area (Å²) in [6, 6.07) is 1.70. The van der Waals surface area contributed by atoms with Gasteiger partial charge in [0.05, 0.1) is 0 Å². The molecule has 92 valence electrons. The van der Waals surface area contributed by atoms with Crippen molar-refractivity contribution in [1.82, 2.24) is 0 Å². The second kappa shape index (κ2) is 7.31. The molecule has 0 saturated carbocycles. The maximum absolute atomic E-state index is 11.5. The fourth-order valence-corrected chi connectivity index (χ4v) is 1.90. The van der Waals surface area contributed by atoms with E-state index < -0.39 is 5.78 Å². The molecule has 0 fully saturated rings. The summed E-state index contributed by atoms with van der Waals surface area (Å²) in [4.78, 5) is 11.5. The molecule has 4 heteroatoms. The normalized spacial score (nSPS) is 9.06. The topological polar surface area (TPSA) is 40.9 Å². The molecule has 0 aromatic heterocycles. The van der Waals surface area contributed by atoms with Crippen LogP contribution < -0.4 is 0 Å². The van der Waals surface area contributed by atoms with Crippen molar-refractivity contribution >= 4 is 43.0 Å². The van der Waals surface area contributed by atoms with E-state index in [0.717, 1.165) is 22.3 Å². The number of Topliss-reactive ketones (excluding diaryl/α,β-unsaturated/α-hetero) is 1. The molecule has 2 nitrogen and oxygen atoms in total. The fraction of sp³-hybridized carbons (Fsp3) is 0.385. The number of nitrogens with zero attached hydrogens (tertiary/aromatic N) is 1. The van der Waals surface area contributed by atoms with E-state index in [1.54, 1.807) is 6.07 Å². The second-order valence-corrected chi connectivity index (χ2v) is 3.94. The lowest BCUT2D eigenvalue weighted by molar-refractivity contribution is 0.105. The van der Waals surface area contributed by atoms with Gasteiger partial charge in [0.1, 0.15) is 6.07 Å². The Labute approximate surface area is 126 Å². The van der Waals surface area contributed by atoms with E-state index in [-0.39, 0.29) is 0 Å². The van der Waals surface area contributed by atoms with E-state index >= 15 is 0 Å². The summed E-state index contributed by atoms with van der Waals surface area (Å²) in [6.07, 6.45) is 0. The van der Waals surface area contributed by atoms with Crippen LogP contribution in [0.4, 0.5) is 0 Å². The van der Waals surface area contributed by atoms with Crippen LogP contribution in [-0.2, 0) is 0 Å². The van der Waals surface area contributed by atoms with Crippen molar-refractivity contribution in [2.75, 3.05) is 0 Å². The van der Waals surface area contributed by atoms with Gasteiger partial charge in [-0.2, -0.15) is 5.26 Å². The summed E-state index contributed by atoms with van der Waals surface area (Å²) < 4.78 is 0. The Hall–Kier alpha value is -0.160. The first-order valence-electron chi connectivity index (χ1n) is 5.07. The number of rotatable bonds is 1. The Kier molecular flexibility index (Phi) is 7.24. The van der Waals surface area contributed by atoms with Crippen LogP contribution in [0.5, 0.6) is 0 Å². The van der Waals surface area contributed by atoms with Crippen molar-refractivity contribution in [3.8, 4) is 6.07 Å². The molecule has 1 aromatic rings. The quantitative estimate of drug-likeness (QED) is 0.350. The number of benzene rings is 1. The molecule has 0 atom stereocenters. The average molecular weight is 455 g/mol. The third kappa shape index (κ3) is 3.41. The Morgan fingerprint density at radius 2 is 1.18 bits per heavy atom. The van der Waals surface area contributed by atoms with Crippen LogP contribution in [0.2, 0.25) is 0 Å². The van der Waals surface area contributed by atoms with E-state index in [1.807, 2.05) is 34.6 Å². The van der Waals surface area contributed by atoms with Gasteiger partial charge >= 0.3 is 0 Å². The van der Waals surface area contributed by atoms with Gasteiger partial charge in [-0.05, 0) is 62.4 Å². The molecule has 0 spiro atoms. The largest absolute Gasteiger partial charge is 0.277 e. The van der Waals surface area contributed by atoms with E-state index in [4.69, 9.17) is 5.26 Å². The van der Waals surface area contributed by atoms with Gasteiger partial charge in [-0.15, -0.1) is 0 Å². The molecule has 0 aliphatic rings. The molecule has 0 bridgehead atoms. The lowest BCUT2D eigenvalue weighted by atomic mass is 9.88. The van der Waals surface area contributed by atoms with Crippen molar-refractivity contribution in [3.05, 3.63) is 33.4 Å². The zero-order valence-electron chi connectivity index (χ0n) is 10.6. The van der Waals surface area contributed by atoms with Crippen LogP contribution in [0.1, 0.15) is 38.2 Å². The molecule has 1 rings (SSSR count). The molecule has 0 saturated heterocycles. The van der Waals surface area contributed by atoms with E-state index in [0.29, 0.717) is 5.56 Å². The smallest absolute Gasteiger partial charge is 0.262 e. The van der Waals surface area contributed by atoms with Crippen LogP contribution in [0.15, 0.2) is 0 Å². The summed E-state index contributed by atoms with van der Waals surface area (Å²) >= 11 is 4.24. The van der Waals surface area contributed by atoms with E-state index in [9.17, 15) is 4.79 Å². The number of halogens is 2. The minimum Gasteiger partial charge on any atom is -0.277 e. The van der Waals surface area contributed by atoms with E-state index in [2.05, 4.69) is 37.2 Å². The van der Waals surface area contributed by atoms with Gasteiger partial charge in [0.25, 0.3) is 5.78 Å². The van der Waals surface area contributed by atoms with Crippen molar-refractivity contribution in [3.63, 3.8) is 0 Å². The Morgan fingerprint density at radius 3 is 1.47 bits per heavy atom. The number of hydrogen-bond acceptors (Lipinski definition) is 2. The highest BCUT2D eigenvalue weighted by molar-refractivity contribution is 15.0. The van der Waals surface area contributed by atoms with Crippen LogP contribution in [-0.4, -0.2) is 5.78 Å². The van der Waals surface area contributed by atoms with Crippen LogP contribution in [0.25, 0.3) is 0 Å². The van der Waals surface area contributed by atoms with Crippen LogP contribution in [0.3, 0.4) is 0 Å². The molecular formula is C13H15I2NO. The number of nitriles is 1. The molecular weight excluding hydrogens is 440 g/mol. The molecule has 17 heavy (non-hydrogen) atoms. The minimum absolute atomic E-state index is 0.434. The van der Waals surface area contributed by atoms with Crippen molar-refractivity contribution in [1.29, 1.82) is 5.26 Å². The zero-order chi connectivity index (χ0) is 13.7. The van der Waals surface area contributed by atoms with Gasteiger partial charge in [-0.25, -0.2) is 0 Å². The monoisotopic (exact) mass is 455 g/mol. The second-order valence-electron chi connectivity index (χ2n) is 3.94. The first kappa shape index (κ1) is 16.8. The maximum atomic E-state index is 11.5. The summed E-state index contributed by atoms with van der Waals surface area (Å²) in [6.45, 7) is 9.83. The number of ketones is 1. The molecule has 0 N–H and O–H groups in total. The highest BCUT2D eigenvalue weighted by atomic mass is 128. The first-order valence-corrected chi connectivity index (χ1v) is 11.4. The molecule has 0 radical (unpaired) electrons. The van der Waals surface area contributed by atoms with Gasteiger partial charge < -0.3 is 0 Å². The molecule has 0 aliphatic heterocycles. The van der Waals surface area contributed by atoms with Gasteiger partial charge in [-0.1, -0.05) is 0 Å². The van der Waals surface area contributed by atoms with Crippen molar-refractivity contribution < 1.29 is 4.79 Å². The highest BCUT2D eigenvalue weighted by Crippen LogP contribution is 2.26. The summed E-state index contributed by atoms with van der Waals surface area (Å²) in [5.41, 5.74) is 5.87. The zero-order valence-corrected chi connectivity index (χ0v) is 14.9. The number of hydrogen-bond donors (Lipinski definition) is 0. The average Bonchev–Trinajstić information content (AvgIpc) is 2.36. The molecule has 0 heterocycles. The Balaban J connectivity index is 0.00000121. The van der Waals surface area contributed by atoms with Gasteiger partial charge in [-0.3, -0.25) is 4.79 Å². The first-order chi connectivity index (χ1) is 7.91. The van der Waals surface area contributed by atoms with Crippen molar-refractivity contribution in [2.45, 2.75) is 34.6 Å². The van der Waals surface area contributed by atoms with E-state index in [1.165, 1.54) is 5.56 Å². The fourth-order valence-electron chi connectivity index (χ4n) is 1.90.